The molecule has 0 radical (unpaired) electrons. The maximum Gasteiger partial charge on any atom is 0.178 e. The van der Waals surface area contributed by atoms with E-state index in [0.29, 0.717) is 18.9 Å². The van der Waals surface area contributed by atoms with Gasteiger partial charge in [-0.1, -0.05) is 11.2 Å². The molecule has 134 valence electrons. The molecule has 4 heterocycles. The number of rotatable bonds is 6. The van der Waals surface area contributed by atoms with Crippen molar-refractivity contribution in [1.82, 2.24) is 30.0 Å². The van der Waals surface area contributed by atoms with Crippen LogP contribution in [-0.2, 0) is 13.1 Å². The summed E-state index contributed by atoms with van der Waals surface area (Å²) in [6, 6.07) is 11.5. The zero-order valence-electron chi connectivity index (χ0n) is 14.9. The molecule has 0 aliphatic heterocycles. The lowest BCUT2D eigenvalue weighted by Crippen LogP contribution is -2.17. The summed E-state index contributed by atoms with van der Waals surface area (Å²) in [5.41, 5.74) is 3.51. The Morgan fingerprint density at radius 1 is 0.889 bits per heavy atom. The fraction of sp³-hybridized carbons (Fsp3) is 0.150. The van der Waals surface area contributed by atoms with Gasteiger partial charge in [-0.15, -0.1) is 0 Å². The van der Waals surface area contributed by atoms with Crippen molar-refractivity contribution in [2.45, 2.75) is 13.1 Å². The van der Waals surface area contributed by atoms with Gasteiger partial charge in [-0.05, 0) is 31.3 Å². The molecule has 0 saturated heterocycles. The molecular formula is C20H18N6O. The van der Waals surface area contributed by atoms with Crippen LogP contribution in [0.4, 0.5) is 0 Å². The molecule has 0 N–H and O–H groups in total. The molecular weight excluding hydrogens is 340 g/mol. The van der Waals surface area contributed by atoms with Crippen LogP contribution >= 0.6 is 0 Å². The first-order valence-electron chi connectivity index (χ1n) is 8.55. The summed E-state index contributed by atoms with van der Waals surface area (Å²) in [4.78, 5) is 19.3. The second-order valence-electron chi connectivity index (χ2n) is 6.22. The first kappa shape index (κ1) is 17.0. The number of aromatic nitrogens is 5. The summed E-state index contributed by atoms with van der Waals surface area (Å²) in [5, 5.41) is 4.12. The number of pyridine rings is 2. The lowest BCUT2D eigenvalue weighted by Gasteiger charge is -2.14. The van der Waals surface area contributed by atoms with Gasteiger partial charge in [0.05, 0.1) is 6.54 Å². The van der Waals surface area contributed by atoms with E-state index in [1.54, 1.807) is 18.6 Å². The van der Waals surface area contributed by atoms with Gasteiger partial charge in [0.25, 0.3) is 0 Å². The van der Waals surface area contributed by atoms with Gasteiger partial charge in [0, 0.05) is 54.7 Å². The van der Waals surface area contributed by atoms with Gasteiger partial charge in [0.2, 0.25) is 0 Å². The van der Waals surface area contributed by atoms with Crippen LogP contribution in [0.5, 0.6) is 0 Å². The largest absolute Gasteiger partial charge is 0.359 e. The van der Waals surface area contributed by atoms with E-state index in [1.807, 2.05) is 55.8 Å². The minimum atomic E-state index is 0.623. The highest BCUT2D eigenvalue weighted by Gasteiger charge is 2.10. The predicted octanol–water partition coefficient (Wildman–Crippen LogP) is 3.22. The molecule has 7 nitrogen and oxygen atoms in total. The van der Waals surface area contributed by atoms with Gasteiger partial charge in [-0.25, -0.2) is 9.97 Å². The third-order valence-corrected chi connectivity index (χ3v) is 3.99. The number of hydrogen-bond donors (Lipinski definition) is 0. The van der Waals surface area contributed by atoms with E-state index in [4.69, 9.17) is 4.52 Å². The van der Waals surface area contributed by atoms with Crippen molar-refractivity contribution in [3.8, 4) is 22.8 Å². The van der Waals surface area contributed by atoms with Crippen molar-refractivity contribution in [3.63, 3.8) is 0 Å². The Morgan fingerprint density at radius 2 is 1.78 bits per heavy atom. The van der Waals surface area contributed by atoms with Crippen LogP contribution in [0, 0.1) is 0 Å². The van der Waals surface area contributed by atoms with Crippen molar-refractivity contribution in [3.05, 3.63) is 78.7 Å². The first-order valence-corrected chi connectivity index (χ1v) is 8.55. The Balaban J connectivity index is 1.38. The van der Waals surface area contributed by atoms with Gasteiger partial charge >= 0.3 is 0 Å². The molecule has 0 spiro atoms. The minimum Gasteiger partial charge on any atom is -0.359 e. The Kier molecular flexibility index (Phi) is 4.93. The van der Waals surface area contributed by atoms with Gasteiger partial charge in [0.15, 0.2) is 11.6 Å². The quantitative estimate of drug-likeness (QED) is 0.523. The lowest BCUT2D eigenvalue weighted by atomic mass is 10.2. The Labute approximate surface area is 156 Å². The maximum atomic E-state index is 5.45. The smallest absolute Gasteiger partial charge is 0.178 e. The molecule has 0 atom stereocenters. The highest BCUT2D eigenvalue weighted by atomic mass is 16.5. The minimum absolute atomic E-state index is 0.623. The van der Waals surface area contributed by atoms with E-state index in [9.17, 15) is 0 Å². The molecule has 0 amide bonds. The lowest BCUT2D eigenvalue weighted by molar-refractivity contribution is 0.266. The van der Waals surface area contributed by atoms with E-state index < -0.39 is 0 Å². The van der Waals surface area contributed by atoms with Crippen molar-refractivity contribution in [2.24, 2.45) is 0 Å². The zero-order valence-corrected chi connectivity index (χ0v) is 14.9. The van der Waals surface area contributed by atoms with Gasteiger partial charge in [-0.2, -0.15) is 0 Å². The summed E-state index contributed by atoms with van der Waals surface area (Å²) in [6.45, 7) is 1.33. The van der Waals surface area contributed by atoms with Crippen molar-refractivity contribution >= 4 is 0 Å². The second-order valence-corrected chi connectivity index (χ2v) is 6.22. The third-order valence-electron chi connectivity index (χ3n) is 3.99. The van der Waals surface area contributed by atoms with Crippen LogP contribution in [0.2, 0.25) is 0 Å². The van der Waals surface area contributed by atoms with E-state index in [2.05, 4.69) is 30.0 Å². The average molecular weight is 358 g/mol. The highest BCUT2D eigenvalue weighted by Crippen LogP contribution is 2.19. The standard InChI is InChI=1S/C20H18N6O/c1-26(14-17-9-19(25-27-17)16-5-4-7-21-12-16)13-15-10-23-20(24-11-15)18-6-2-3-8-22-18/h2-12H,13-14H2,1H3. The van der Waals surface area contributed by atoms with Gasteiger partial charge in [-0.3, -0.25) is 14.9 Å². The van der Waals surface area contributed by atoms with Crippen molar-refractivity contribution in [1.29, 1.82) is 0 Å². The summed E-state index contributed by atoms with van der Waals surface area (Å²) in [5.74, 6) is 1.42. The van der Waals surface area contributed by atoms with E-state index in [0.717, 1.165) is 28.3 Å². The van der Waals surface area contributed by atoms with Crippen molar-refractivity contribution in [2.75, 3.05) is 7.05 Å². The predicted molar refractivity (Wildman–Crippen MR) is 100 cm³/mol. The second kappa shape index (κ2) is 7.84. The fourth-order valence-electron chi connectivity index (χ4n) is 2.74. The molecule has 27 heavy (non-hydrogen) atoms. The Morgan fingerprint density at radius 3 is 2.52 bits per heavy atom. The molecule has 7 heteroatoms. The molecule has 4 rings (SSSR count). The summed E-state index contributed by atoms with van der Waals surface area (Å²) in [6.07, 6.45) is 8.90. The van der Waals surface area contributed by atoms with Crippen LogP contribution in [0.25, 0.3) is 22.8 Å². The SMILES string of the molecule is CN(Cc1cnc(-c2ccccn2)nc1)Cc1cc(-c2cccnc2)no1. The maximum absolute atomic E-state index is 5.45. The van der Waals surface area contributed by atoms with E-state index in [-0.39, 0.29) is 0 Å². The summed E-state index contributed by atoms with van der Waals surface area (Å²) in [7, 11) is 2.01. The van der Waals surface area contributed by atoms with Crippen LogP contribution in [0.15, 0.2) is 71.9 Å². The van der Waals surface area contributed by atoms with Gasteiger partial charge < -0.3 is 4.52 Å². The normalized spacial score (nSPS) is 11.0. The third kappa shape index (κ3) is 4.21. The van der Waals surface area contributed by atoms with Crippen LogP contribution in [-0.4, -0.2) is 37.0 Å². The average Bonchev–Trinajstić information content (AvgIpc) is 3.18. The number of hydrogen-bond acceptors (Lipinski definition) is 7. The molecule has 0 bridgehead atoms. The van der Waals surface area contributed by atoms with Crippen LogP contribution in [0.1, 0.15) is 11.3 Å². The van der Waals surface area contributed by atoms with Crippen LogP contribution in [0.3, 0.4) is 0 Å². The highest BCUT2D eigenvalue weighted by molar-refractivity contribution is 5.57. The number of nitrogens with zero attached hydrogens (tertiary/aromatic N) is 6. The summed E-state index contributed by atoms with van der Waals surface area (Å²) < 4.78 is 5.45. The Bertz CT molecular complexity index is 986. The van der Waals surface area contributed by atoms with Crippen LogP contribution < -0.4 is 0 Å². The fourth-order valence-corrected chi connectivity index (χ4v) is 2.74. The molecule has 0 aliphatic carbocycles. The van der Waals surface area contributed by atoms with E-state index >= 15 is 0 Å². The van der Waals surface area contributed by atoms with E-state index in [1.165, 1.54) is 0 Å². The summed E-state index contributed by atoms with van der Waals surface area (Å²) >= 11 is 0. The molecule has 0 unspecified atom stereocenters. The topological polar surface area (TPSA) is 80.8 Å². The zero-order chi connectivity index (χ0) is 18.5. The molecule has 0 aliphatic rings. The molecule has 0 aromatic carbocycles. The Hall–Kier alpha value is -3.45. The molecule has 0 fully saturated rings. The molecule has 4 aromatic heterocycles. The molecule has 0 saturated carbocycles. The molecule has 4 aromatic rings. The first-order chi connectivity index (χ1) is 13.3. The van der Waals surface area contributed by atoms with Crippen molar-refractivity contribution < 1.29 is 4.52 Å². The van der Waals surface area contributed by atoms with Gasteiger partial charge in [0.1, 0.15) is 11.4 Å². The monoisotopic (exact) mass is 358 g/mol.